The monoisotopic (exact) mass is 255 g/mol. The molecule has 0 bridgehead atoms. The fourth-order valence-electron chi connectivity index (χ4n) is 2.95. The number of hydrogen-bond donors (Lipinski definition) is 1. The standard InChI is InChI=1S/C14H25NO3/c16-10-12-5-4-8-15(9-12)14(17)11-18-13-6-2-1-3-7-13/h12-13,16H,1-11H2. The van der Waals surface area contributed by atoms with Crippen molar-refractivity contribution in [3.8, 4) is 0 Å². The van der Waals surface area contributed by atoms with E-state index in [0.717, 1.165) is 32.2 Å². The van der Waals surface area contributed by atoms with Gasteiger partial charge in [0.25, 0.3) is 0 Å². The quantitative estimate of drug-likeness (QED) is 0.829. The van der Waals surface area contributed by atoms with Crippen molar-refractivity contribution in [3.05, 3.63) is 0 Å². The number of piperidine rings is 1. The number of carbonyl (C=O) groups excluding carboxylic acids is 1. The second kappa shape index (κ2) is 7.10. The maximum absolute atomic E-state index is 12.0. The van der Waals surface area contributed by atoms with Crippen LogP contribution >= 0.6 is 0 Å². The zero-order chi connectivity index (χ0) is 12.8. The van der Waals surface area contributed by atoms with Gasteiger partial charge in [-0.05, 0) is 31.6 Å². The molecule has 0 spiro atoms. The summed E-state index contributed by atoms with van der Waals surface area (Å²) in [5.74, 6) is 0.358. The molecule has 1 atom stereocenters. The molecule has 2 rings (SSSR count). The van der Waals surface area contributed by atoms with E-state index in [-0.39, 0.29) is 25.0 Å². The van der Waals surface area contributed by atoms with Crippen molar-refractivity contribution in [2.45, 2.75) is 51.0 Å². The predicted octanol–water partition coefficient (Wildman–Crippen LogP) is 1.57. The van der Waals surface area contributed by atoms with Crippen molar-refractivity contribution < 1.29 is 14.6 Å². The molecule has 1 heterocycles. The van der Waals surface area contributed by atoms with Crippen LogP contribution in [0.4, 0.5) is 0 Å². The average Bonchev–Trinajstić information content (AvgIpc) is 2.46. The van der Waals surface area contributed by atoms with E-state index >= 15 is 0 Å². The van der Waals surface area contributed by atoms with Gasteiger partial charge in [0.1, 0.15) is 6.61 Å². The first-order valence-corrected chi connectivity index (χ1v) is 7.30. The second-order valence-electron chi connectivity index (χ2n) is 5.60. The SMILES string of the molecule is O=C(COC1CCCCC1)N1CCCC(CO)C1. The number of aliphatic hydroxyl groups is 1. The molecule has 1 aliphatic carbocycles. The Hall–Kier alpha value is -0.610. The van der Waals surface area contributed by atoms with Gasteiger partial charge in [0.2, 0.25) is 5.91 Å². The highest BCUT2D eigenvalue weighted by Gasteiger charge is 2.24. The number of rotatable bonds is 4. The van der Waals surface area contributed by atoms with E-state index < -0.39 is 0 Å². The zero-order valence-corrected chi connectivity index (χ0v) is 11.1. The number of hydrogen-bond acceptors (Lipinski definition) is 3. The highest BCUT2D eigenvalue weighted by Crippen LogP contribution is 2.21. The third-order valence-electron chi connectivity index (χ3n) is 4.12. The summed E-state index contributed by atoms with van der Waals surface area (Å²) in [5, 5.41) is 9.16. The summed E-state index contributed by atoms with van der Waals surface area (Å²) >= 11 is 0. The van der Waals surface area contributed by atoms with Crippen LogP contribution in [-0.2, 0) is 9.53 Å². The van der Waals surface area contributed by atoms with Gasteiger partial charge in [-0.2, -0.15) is 0 Å². The van der Waals surface area contributed by atoms with Crippen molar-refractivity contribution in [1.29, 1.82) is 0 Å². The molecule has 2 aliphatic rings. The molecule has 0 aromatic heterocycles. The normalized spacial score (nSPS) is 26.3. The third-order valence-corrected chi connectivity index (χ3v) is 4.12. The summed E-state index contributed by atoms with van der Waals surface area (Å²) in [4.78, 5) is 13.9. The van der Waals surface area contributed by atoms with Crippen LogP contribution in [0.25, 0.3) is 0 Å². The van der Waals surface area contributed by atoms with Gasteiger partial charge in [0.05, 0.1) is 6.10 Å². The molecule has 1 amide bonds. The zero-order valence-electron chi connectivity index (χ0n) is 11.1. The Morgan fingerprint density at radius 2 is 1.94 bits per heavy atom. The minimum Gasteiger partial charge on any atom is -0.396 e. The summed E-state index contributed by atoms with van der Waals surface area (Å²) in [6.07, 6.45) is 8.30. The van der Waals surface area contributed by atoms with Crippen molar-refractivity contribution in [2.75, 3.05) is 26.3 Å². The van der Waals surface area contributed by atoms with E-state index in [0.29, 0.717) is 12.6 Å². The third kappa shape index (κ3) is 3.95. The molecule has 104 valence electrons. The first kappa shape index (κ1) is 13.8. The van der Waals surface area contributed by atoms with Gasteiger partial charge in [-0.3, -0.25) is 4.79 Å². The van der Waals surface area contributed by atoms with Crippen molar-refractivity contribution >= 4 is 5.91 Å². The fraction of sp³-hybridized carbons (Fsp3) is 0.929. The van der Waals surface area contributed by atoms with E-state index in [2.05, 4.69) is 0 Å². The largest absolute Gasteiger partial charge is 0.396 e. The van der Waals surface area contributed by atoms with Gasteiger partial charge in [-0.1, -0.05) is 19.3 Å². The van der Waals surface area contributed by atoms with Crippen LogP contribution in [-0.4, -0.2) is 48.3 Å². The van der Waals surface area contributed by atoms with Crippen LogP contribution in [0, 0.1) is 5.92 Å². The first-order valence-electron chi connectivity index (χ1n) is 7.30. The fourth-order valence-corrected chi connectivity index (χ4v) is 2.95. The van der Waals surface area contributed by atoms with E-state index in [4.69, 9.17) is 9.84 Å². The van der Waals surface area contributed by atoms with Crippen LogP contribution in [0.2, 0.25) is 0 Å². The lowest BCUT2D eigenvalue weighted by atomic mass is 9.98. The highest BCUT2D eigenvalue weighted by molar-refractivity contribution is 5.77. The summed E-state index contributed by atoms with van der Waals surface area (Å²) in [5.41, 5.74) is 0. The minimum atomic E-state index is 0.0960. The summed E-state index contributed by atoms with van der Waals surface area (Å²) in [6.45, 7) is 1.93. The molecule has 4 heteroatoms. The Labute approximate surface area is 109 Å². The smallest absolute Gasteiger partial charge is 0.248 e. The molecular formula is C14H25NO3. The van der Waals surface area contributed by atoms with Crippen LogP contribution < -0.4 is 0 Å². The molecule has 4 nitrogen and oxygen atoms in total. The molecule has 2 fully saturated rings. The Morgan fingerprint density at radius 3 is 2.67 bits per heavy atom. The van der Waals surface area contributed by atoms with Gasteiger partial charge in [-0.25, -0.2) is 0 Å². The number of aliphatic hydroxyl groups excluding tert-OH is 1. The number of nitrogens with zero attached hydrogens (tertiary/aromatic N) is 1. The lowest BCUT2D eigenvalue weighted by Crippen LogP contribution is -2.43. The molecule has 1 N–H and O–H groups in total. The van der Waals surface area contributed by atoms with E-state index in [1.165, 1.54) is 19.3 Å². The predicted molar refractivity (Wildman–Crippen MR) is 69.2 cm³/mol. The Kier molecular flexibility index (Phi) is 5.45. The maximum atomic E-state index is 12.0. The molecule has 0 aromatic carbocycles. The van der Waals surface area contributed by atoms with E-state index in [1.807, 2.05) is 4.90 Å². The second-order valence-corrected chi connectivity index (χ2v) is 5.60. The lowest BCUT2D eigenvalue weighted by Gasteiger charge is -2.32. The number of likely N-dealkylation sites (tertiary alicyclic amines) is 1. The van der Waals surface area contributed by atoms with E-state index in [1.54, 1.807) is 0 Å². The maximum Gasteiger partial charge on any atom is 0.248 e. The average molecular weight is 255 g/mol. The lowest BCUT2D eigenvalue weighted by molar-refractivity contribution is -0.140. The van der Waals surface area contributed by atoms with Crippen LogP contribution in [0.1, 0.15) is 44.9 Å². The molecule has 1 unspecified atom stereocenters. The first-order chi connectivity index (χ1) is 8.79. The molecule has 18 heavy (non-hydrogen) atoms. The number of amides is 1. The Bertz CT molecular complexity index is 264. The van der Waals surface area contributed by atoms with Crippen molar-refractivity contribution in [3.63, 3.8) is 0 Å². The summed E-state index contributed by atoms with van der Waals surface area (Å²) in [6, 6.07) is 0. The Morgan fingerprint density at radius 1 is 1.17 bits per heavy atom. The van der Waals surface area contributed by atoms with Crippen molar-refractivity contribution in [2.24, 2.45) is 5.92 Å². The number of ether oxygens (including phenoxy) is 1. The summed E-state index contributed by atoms with van der Waals surface area (Å²) in [7, 11) is 0. The van der Waals surface area contributed by atoms with Crippen LogP contribution in [0.15, 0.2) is 0 Å². The highest BCUT2D eigenvalue weighted by atomic mass is 16.5. The van der Waals surface area contributed by atoms with Crippen molar-refractivity contribution in [1.82, 2.24) is 4.90 Å². The Balaban J connectivity index is 1.70. The summed E-state index contributed by atoms with van der Waals surface area (Å²) < 4.78 is 5.71. The van der Waals surface area contributed by atoms with Gasteiger partial charge in [-0.15, -0.1) is 0 Å². The van der Waals surface area contributed by atoms with Crippen LogP contribution in [0.5, 0.6) is 0 Å². The molecular weight excluding hydrogens is 230 g/mol. The molecule has 0 aromatic rings. The molecule has 1 saturated carbocycles. The molecule has 1 saturated heterocycles. The molecule has 0 radical (unpaired) electrons. The van der Waals surface area contributed by atoms with E-state index in [9.17, 15) is 4.79 Å². The van der Waals surface area contributed by atoms with Crippen LogP contribution in [0.3, 0.4) is 0 Å². The van der Waals surface area contributed by atoms with Gasteiger partial charge < -0.3 is 14.7 Å². The molecule has 1 aliphatic heterocycles. The number of carbonyl (C=O) groups is 1. The van der Waals surface area contributed by atoms with Gasteiger partial charge >= 0.3 is 0 Å². The van der Waals surface area contributed by atoms with Gasteiger partial charge in [0.15, 0.2) is 0 Å². The van der Waals surface area contributed by atoms with Gasteiger partial charge in [0, 0.05) is 19.7 Å². The topological polar surface area (TPSA) is 49.8 Å². The minimum absolute atomic E-state index is 0.0960.